The number of carbonyl (C=O) groups excluding carboxylic acids is 1. The van der Waals surface area contributed by atoms with Gasteiger partial charge in [0.05, 0.1) is 0 Å². The van der Waals surface area contributed by atoms with E-state index in [4.69, 9.17) is 0 Å². The molecule has 0 bridgehead atoms. The number of hydrogen-bond donors (Lipinski definition) is 3. The van der Waals surface area contributed by atoms with E-state index in [0.717, 1.165) is 24.2 Å². The van der Waals surface area contributed by atoms with E-state index in [2.05, 4.69) is 53.7 Å². The summed E-state index contributed by atoms with van der Waals surface area (Å²) >= 11 is 0. The van der Waals surface area contributed by atoms with E-state index >= 15 is 0 Å². The molecule has 0 saturated carbocycles. The zero-order valence-corrected chi connectivity index (χ0v) is 14.0. The predicted molar refractivity (Wildman–Crippen MR) is 90.5 cm³/mol. The molecule has 0 saturated heterocycles. The summed E-state index contributed by atoms with van der Waals surface area (Å²) in [4.78, 5) is 12.5. The van der Waals surface area contributed by atoms with Crippen LogP contribution in [0, 0.1) is 6.92 Å². The topological polar surface area (TPSA) is 69.8 Å². The number of nitrogens with one attached hydrogen (secondary N) is 3. The van der Waals surface area contributed by atoms with Gasteiger partial charge in [-0.25, -0.2) is 0 Å². The van der Waals surface area contributed by atoms with Crippen LogP contribution in [0.5, 0.6) is 0 Å². The van der Waals surface area contributed by atoms with Crippen molar-refractivity contribution in [3.8, 4) is 0 Å². The van der Waals surface area contributed by atoms with E-state index in [0.29, 0.717) is 18.8 Å². The van der Waals surface area contributed by atoms with Crippen molar-refractivity contribution < 1.29 is 4.79 Å². The van der Waals surface area contributed by atoms with Gasteiger partial charge in [-0.2, -0.15) is 5.10 Å². The lowest BCUT2D eigenvalue weighted by atomic mass is 9.82. The summed E-state index contributed by atoms with van der Waals surface area (Å²) in [6.45, 7) is 8.61. The van der Waals surface area contributed by atoms with Crippen LogP contribution in [0.1, 0.15) is 46.7 Å². The number of fused-ring (bicyclic) bond motifs is 1. The average Bonchev–Trinajstić information content (AvgIpc) is 2.97. The van der Waals surface area contributed by atoms with Gasteiger partial charge in [0.2, 0.25) is 0 Å². The summed E-state index contributed by atoms with van der Waals surface area (Å²) in [5, 5.41) is 13.5. The Morgan fingerprint density at radius 3 is 2.91 bits per heavy atom. The third kappa shape index (κ3) is 3.15. The number of nitrogens with zero attached hydrogens (tertiary/aromatic N) is 1. The van der Waals surface area contributed by atoms with Crippen LogP contribution in [0.4, 0.5) is 0 Å². The number of hydrogen-bond acceptors (Lipinski definition) is 3. The Labute approximate surface area is 136 Å². The molecule has 1 aromatic heterocycles. The minimum absolute atomic E-state index is 0.104. The first-order valence-corrected chi connectivity index (χ1v) is 8.10. The molecule has 1 aromatic carbocycles. The van der Waals surface area contributed by atoms with E-state index in [1.54, 1.807) is 0 Å². The van der Waals surface area contributed by atoms with Crippen molar-refractivity contribution in [3.63, 3.8) is 0 Å². The highest BCUT2D eigenvalue weighted by atomic mass is 16.1. The first-order chi connectivity index (χ1) is 11.0. The largest absolute Gasteiger partial charge is 0.350 e. The van der Waals surface area contributed by atoms with Crippen molar-refractivity contribution in [2.75, 3.05) is 13.1 Å². The lowest BCUT2D eigenvalue weighted by Gasteiger charge is -2.27. The van der Waals surface area contributed by atoms with Crippen LogP contribution in [-0.4, -0.2) is 29.2 Å². The van der Waals surface area contributed by atoms with E-state index in [9.17, 15) is 4.79 Å². The number of amides is 1. The van der Waals surface area contributed by atoms with Gasteiger partial charge >= 0.3 is 0 Å². The monoisotopic (exact) mass is 312 g/mol. The van der Waals surface area contributed by atoms with Crippen molar-refractivity contribution in [1.29, 1.82) is 0 Å². The van der Waals surface area contributed by atoms with Crippen molar-refractivity contribution in [2.45, 2.75) is 39.2 Å². The standard InChI is InChI=1S/C18H24N4O/c1-12-6-4-5-7-14(12)18(2,3)11-20-17(23)16-13-10-19-9-8-15(13)21-22-16/h4-7,19H,8-11H2,1-3H3,(H,20,23)(H,21,22). The first-order valence-electron chi connectivity index (χ1n) is 8.10. The molecule has 0 atom stereocenters. The zero-order valence-electron chi connectivity index (χ0n) is 14.0. The molecule has 0 aliphatic carbocycles. The van der Waals surface area contributed by atoms with E-state index in [1.165, 1.54) is 11.1 Å². The molecule has 0 unspecified atom stereocenters. The fourth-order valence-corrected chi connectivity index (χ4v) is 3.23. The number of aromatic amines is 1. The van der Waals surface area contributed by atoms with E-state index < -0.39 is 0 Å². The molecule has 5 nitrogen and oxygen atoms in total. The molecular formula is C18H24N4O. The quantitative estimate of drug-likeness (QED) is 0.809. The third-order valence-electron chi connectivity index (χ3n) is 4.59. The molecule has 122 valence electrons. The normalized spacial score (nSPS) is 14.4. The number of aromatic nitrogens is 2. The van der Waals surface area contributed by atoms with Crippen LogP contribution in [0.15, 0.2) is 24.3 Å². The molecule has 1 amide bonds. The number of aryl methyl sites for hydroxylation is 1. The van der Waals surface area contributed by atoms with Gasteiger partial charge in [0.15, 0.2) is 5.69 Å². The fraction of sp³-hybridized carbons (Fsp3) is 0.444. The molecular weight excluding hydrogens is 288 g/mol. The van der Waals surface area contributed by atoms with Gasteiger partial charge in [0.1, 0.15) is 0 Å². The Morgan fingerprint density at radius 2 is 2.13 bits per heavy atom. The second kappa shape index (κ2) is 6.16. The maximum Gasteiger partial charge on any atom is 0.272 e. The smallest absolute Gasteiger partial charge is 0.272 e. The Hall–Kier alpha value is -2.14. The lowest BCUT2D eigenvalue weighted by molar-refractivity contribution is 0.0939. The number of carbonyl (C=O) groups is 1. The first kappa shape index (κ1) is 15.7. The van der Waals surface area contributed by atoms with Gasteiger partial charge in [-0.1, -0.05) is 38.1 Å². The summed E-state index contributed by atoms with van der Waals surface area (Å²) in [6, 6.07) is 8.31. The molecule has 3 rings (SSSR count). The summed E-state index contributed by atoms with van der Waals surface area (Å²) in [7, 11) is 0. The number of benzene rings is 1. The maximum atomic E-state index is 12.5. The Balaban J connectivity index is 1.72. The van der Waals surface area contributed by atoms with E-state index in [1.807, 2.05) is 12.1 Å². The molecule has 2 aromatic rings. The molecule has 5 heteroatoms. The summed E-state index contributed by atoms with van der Waals surface area (Å²) in [5.41, 5.74) is 4.97. The van der Waals surface area contributed by atoms with Gasteiger partial charge in [0.25, 0.3) is 5.91 Å². The van der Waals surface area contributed by atoms with Crippen LogP contribution in [0.3, 0.4) is 0 Å². The second-order valence-electron chi connectivity index (χ2n) is 6.84. The highest BCUT2D eigenvalue weighted by molar-refractivity contribution is 5.94. The highest BCUT2D eigenvalue weighted by Gasteiger charge is 2.26. The summed E-state index contributed by atoms with van der Waals surface area (Å²) in [6.07, 6.45) is 0.893. The van der Waals surface area contributed by atoms with Crippen molar-refractivity contribution >= 4 is 5.91 Å². The minimum Gasteiger partial charge on any atom is -0.350 e. The molecule has 23 heavy (non-hydrogen) atoms. The zero-order chi connectivity index (χ0) is 16.4. The second-order valence-corrected chi connectivity index (χ2v) is 6.84. The minimum atomic E-state index is -0.129. The highest BCUT2D eigenvalue weighted by Crippen LogP contribution is 2.25. The van der Waals surface area contributed by atoms with Crippen LogP contribution in [0.2, 0.25) is 0 Å². The molecule has 2 heterocycles. The number of rotatable bonds is 4. The molecule has 3 N–H and O–H groups in total. The SMILES string of the molecule is Cc1ccccc1C(C)(C)CNC(=O)c1n[nH]c2c1CNCC2. The Bertz CT molecular complexity index is 718. The van der Waals surface area contributed by atoms with Gasteiger partial charge in [0, 0.05) is 42.7 Å². The maximum absolute atomic E-state index is 12.5. The van der Waals surface area contributed by atoms with E-state index in [-0.39, 0.29) is 11.3 Å². The van der Waals surface area contributed by atoms with Crippen molar-refractivity contribution in [3.05, 3.63) is 52.3 Å². The van der Waals surface area contributed by atoms with Crippen LogP contribution in [-0.2, 0) is 18.4 Å². The van der Waals surface area contributed by atoms with Gasteiger partial charge < -0.3 is 10.6 Å². The van der Waals surface area contributed by atoms with Crippen LogP contribution < -0.4 is 10.6 Å². The fourth-order valence-electron chi connectivity index (χ4n) is 3.23. The molecule has 0 radical (unpaired) electrons. The Kier molecular flexibility index (Phi) is 4.22. The van der Waals surface area contributed by atoms with Gasteiger partial charge in [-0.3, -0.25) is 9.89 Å². The van der Waals surface area contributed by atoms with Crippen LogP contribution >= 0.6 is 0 Å². The van der Waals surface area contributed by atoms with Gasteiger partial charge in [-0.05, 0) is 18.1 Å². The Morgan fingerprint density at radius 1 is 1.35 bits per heavy atom. The van der Waals surface area contributed by atoms with Crippen molar-refractivity contribution in [2.24, 2.45) is 0 Å². The predicted octanol–water partition coefficient (Wildman–Crippen LogP) is 2.07. The summed E-state index contributed by atoms with van der Waals surface area (Å²) in [5.74, 6) is -0.104. The molecule has 0 spiro atoms. The number of H-pyrrole nitrogens is 1. The molecule has 1 aliphatic heterocycles. The molecule has 0 fully saturated rings. The van der Waals surface area contributed by atoms with Crippen molar-refractivity contribution in [1.82, 2.24) is 20.8 Å². The molecule has 1 aliphatic rings. The third-order valence-corrected chi connectivity index (χ3v) is 4.59. The lowest BCUT2D eigenvalue weighted by Crippen LogP contribution is -2.38. The average molecular weight is 312 g/mol. The van der Waals surface area contributed by atoms with Crippen LogP contribution in [0.25, 0.3) is 0 Å². The van der Waals surface area contributed by atoms with Gasteiger partial charge in [-0.15, -0.1) is 0 Å². The summed E-state index contributed by atoms with van der Waals surface area (Å²) < 4.78 is 0.